The average molecular weight is 568 g/mol. The van der Waals surface area contributed by atoms with E-state index in [2.05, 4.69) is 5.32 Å². The van der Waals surface area contributed by atoms with Crippen molar-refractivity contribution in [3.63, 3.8) is 0 Å². The van der Waals surface area contributed by atoms with Crippen LogP contribution in [0, 0.1) is 5.82 Å². The van der Waals surface area contributed by atoms with Crippen LogP contribution in [0.1, 0.15) is 44.2 Å². The first-order valence-corrected chi connectivity index (χ1v) is 15.0. The number of amides is 2. The predicted octanol–water partition coefficient (Wildman–Crippen LogP) is 4.78. The van der Waals surface area contributed by atoms with Crippen LogP contribution in [-0.2, 0) is 32.6 Å². The molecule has 9 heteroatoms. The Bertz CT molecular complexity index is 1340. The second-order valence-corrected chi connectivity index (χ2v) is 12.0. The molecule has 0 aromatic heterocycles. The smallest absolute Gasteiger partial charge is 0.243 e. The van der Waals surface area contributed by atoms with E-state index in [1.54, 1.807) is 30.3 Å². The second-order valence-electron chi connectivity index (χ2n) is 9.91. The Balaban J connectivity index is 1.83. The number of hydrogen-bond donors (Lipinski definition) is 1. The topological polar surface area (TPSA) is 86.8 Å². The molecule has 0 aliphatic carbocycles. The summed E-state index contributed by atoms with van der Waals surface area (Å²) < 4.78 is 40.6. The summed E-state index contributed by atoms with van der Waals surface area (Å²) in [7, 11) is -2.20. The van der Waals surface area contributed by atoms with Crippen molar-refractivity contribution in [3.8, 4) is 0 Å². The predicted molar refractivity (Wildman–Crippen MR) is 154 cm³/mol. The largest absolute Gasteiger partial charge is 0.352 e. The van der Waals surface area contributed by atoms with Crippen LogP contribution in [0.25, 0.3) is 0 Å². The van der Waals surface area contributed by atoms with Gasteiger partial charge in [-0.05, 0) is 55.2 Å². The number of halogens is 1. The zero-order chi connectivity index (χ0) is 29.1. The molecule has 3 aromatic carbocycles. The lowest BCUT2D eigenvalue weighted by Crippen LogP contribution is -2.52. The lowest BCUT2D eigenvalue weighted by atomic mass is 10.0. The van der Waals surface area contributed by atoms with E-state index in [1.807, 2.05) is 44.2 Å². The van der Waals surface area contributed by atoms with E-state index < -0.39 is 16.1 Å². The maximum Gasteiger partial charge on any atom is 0.243 e. The molecule has 214 valence electrons. The van der Waals surface area contributed by atoms with Crippen molar-refractivity contribution >= 4 is 21.8 Å². The molecule has 0 fully saturated rings. The maximum atomic E-state index is 13.7. The third-order valence-electron chi connectivity index (χ3n) is 6.85. The number of carbonyl (C=O) groups is 2. The van der Waals surface area contributed by atoms with Crippen LogP contribution in [0.15, 0.2) is 89.8 Å². The Hall–Kier alpha value is -3.56. The fourth-order valence-electron chi connectivity index (χ4n) is 4.27. The summed E-state index contributed by atoms with van der Waals surface area (Å²) >= 11 is 0. The van der Waals surface area contributed by atoms with E-state index in [1.165, 1.54) is 40.5 Å². The minimum Gasteiger partial charge on any atom is -0.352 e. The van der Waals surface area contributed by atoms with E-state index in [9.17, 15) is 22.4 Å². The van der Waals surface area contributed by atoms with Crippen LogP contribution in [0.3, 0.4) is 0 Å². The molecule has 0 heterocycles. The van der Waals surface area contributed by atoms with Gasteiger partial charge in [-0.25, -0.2) is 17.1 Å². The molecule has 3 aromatic rings. The first-order valence-electron chi connectivity index (χ1n) is 13.5. The Labute approximate surface area is 237 Å². The summed E-state index contributed by atoms with van der Waals surface area (Å²) in [6.45, 7) is 4.13. The summed E-state index contributed by atoms with van der Waals surface area (Å²) in [6, 6.07) is 22.6. The SMILES string of the molecule is CC[C@@H](C)NC(=O)[C@H](Cc1ccccc1)N(Cc1ccc(F)cc1)C(=O)CCCN(C)S(=O)(=O)c1ccccc1. The highest BCUT2D eigenvalue weighted by molar-refractivity contribution is 7.89. The summed E-state index contributed by atoms with van der Waals surface area (Å²) in [5, 5.41) is 3.01. The number of carbonyl (C=O) groups excluding carboxylic acids is 2. The Morgan fingerprint density at radius 2 is 1.50 bits per heavy atom. The zero-order valence-corrected chi connectivity index (χ0v) is 24.1. The number of nitrogens with one attached hydrogen (secondary N) is 1. The molecule has 2 atom stereocenters. The molecule has 0 saturated heterocycles. The number of benzene rings is 3. The van der Waals surface area contributed by atoms with Crippen LogP contribution in [0.2, 0.25) is 0 Å². The first-order chi connectivity index (χ1) is 19.1. The quantitative estimate of drug-likeness (QED) is 0.304. The molecule has 0 aliphatic rings. The number of hydrogen-bond acceptors (Lipinski definition) is 4. The first kappa shape index (κ1) is 31.0. The monoisotopic (exact) mass is 567 g/mol. The van der Waals surface area contributed by atoms with Gasteiger partial charge in [0.25, 0.3) is 0 Å². The van der Waals surface area contributed by atoms with Crippen molar-refractivity contribution in [2.24, 2.45) is 0 Å². The molecule has 0 unspecified atom stereocenters. The van der Waals surface area contributed by atoms with Crippen LogP contribution in [0.5, 0.6) is 0 Å². The van der Waals surface area contributed by atoms with Gasteiger partial charge < -0.3 is 10.2 Å². The maximum absolute atomic E-state index is 13.7. The van der Waals surface area contributed by atoms with Gasteiger partial charge in [-0.2, -0.15) is 0 Å². The molecule has 0 bridgehead atoms. The van der Waals surface area contributed by atoms with Gasteiger partial charge in [-0.3, -0.25) is 9.59 Å². The molecular formula is C31H38FN3O4S. The zero-order valence-electron chi connectivity index (χ0n) is 23.3. The highest BCUT2D eigenvalue weighted by atomic mass is 32.2. The molecule has 1 N–H and O–H groups in total. The van der Waals surface area contributed by atoms with Crippen molar-refractivity contribution < 1.29 is 22.4 Å². The molecule has 2 amide bonds. The van der Waals surface area contributed by atoms with Gasteiger partial charge in [0.1, 0.15) is 11.9 Å². The van der Waals surface area contributed by atoms with E-state index >= 15 is 0 Å². The van der Waals surface area contributed by atoms with E-state index in [4.69, 9.17) is 0 Å². The third kappa shape index (κ3) is 8.72. The van der Waals surface area contributed by atoms with Crippen molar-refractivity contribution in [2.75, 3.05) is 13.6 Å². The van der Waals surface area contributed by atoms with E-state index in [-0.39, 0.29) is 54.5 Å². The second kappa shape index (κ2) is 14.7. The molecule has 3 rings (SSSR count). The lowest BCUT2D eigenvalue weighted by Gasteiger charge is -2.32. The number of rotatable bonds is 14. The standard InChI is InChI=1S/C31H38FN3O4S/c1-4-24(2)33-31(37)29(22-25-12-7-5-8-13-25)35(23-26-17-19-27(32)20-18-26)30(36)16-11-21-34(3)40(38,39)28-14-9-6-10-15-28/h5-10,12-15,17-20,24,29H,4,11,16,21-23H2,1-3H3,(H,33,37)/t24-,29+/m1/s1. The van der Waals surface area contributed by atoms with Crippen LogP contribution < -0.4 is 5.32 Å². The van der Waals surface area contributed by atoms with Crippen LogP contribution in [-0.4, -0.2) is 55.1 Å². The summed E-state index contributed by atoms with van der Waals surface area (Å²) in [5.41, 5.74) is 1.59. The van der Waals surface area contributed by atoms with Crippen molar-refractivity contribution in [1.29, 1.82) is 0 Å². The summed E-state index contributed by atoms with van der Waals surface area (Å²) in [5.74, 6) is -0.938. The molecule has 0 spiro atoms. The van der Waals surface area contributed by atoms with Gasteiger partial charge >= 0.3 is 0 Å². The molecule has 40 heavy (non-hydrogen) atoms. The Kier molecular flexibility index (Phi) is 11.4. The van der Waals surface area contributed by atoms with Gasteiger partial charge in [-0.15, -0.1) is 0 Å². The van der Waals surface area contributed by atoms with Crippen LogP contribution >= 0.6 is 0 Å². The van der Waals surface area contributed by atoms with E-state index in [0.29, 0.717) is 12.0 Å². The minimum atomic E-state index is -3.69. The molecule has 0 saturated carbocycles. The minimum absolute atomic E-state index is 0.0394. The van der Waals surface area contributed by atoms with Gasteiger partial charge in [0.15, 0.2) is 0 Å². The Morgan fingerprint density at radius 1 is 0.900 bits per heavy atom. The molecule has 7 nitrogen and oxygen atoms in total. The lowest BCUT2D eigenvalue weighted by molar-refractivity contribution is -0.141. The van der Waals surface area contributed by atoms with Crippen molar-refractivity contribution in [3.05, 3.63) is 102 Å². The molecule has 0 radical (unpaired) electrons. The number of sulfonamides is 1. The van der Waals surface area contributed by atoms with Crippen molar-refractivity contribution in [2.45, 2.75) is 63.1 Å². The van der Waals surface area contributed by atoms with Crippen LogP contribution in [0.4, 0.5) is 4.39 Å². The normalized spacial score (nSPS) is 13.0. The summed E-state index contributed by atoms with van der Waals surface area (Å²) in [6.07, 6.45) is 1.35. The number of nitrogens with zero attached hydrogens (tertiary/aromatic N) is 2. The molecular weight excluding hydrogens is 529 g/mol. The summed E-state index contributed by atoms with van der Waals surface area (Å²) in [4.78, 5) is 29.0. The van der Waals surface area contributed by atoms with E-state index in [0.717, 1.165) is 12.0 Å². The van der Waals surface area contributed by atoms with Crippen molar-refractivity contribution in [1.82, 2.24) is 14.5 Å². The van der Waals surface area contributed by atoms with Gasteiger partial charge in [0.2, 0.25) is 21.8 Å². The van der Waals surface area contributed by atoms with Gasteiger partial charge in [0, 0.05) is 39.0 Å². The molecule has 0 aliphatic heterocycles. The van der Waals surface area contributed by atoms with Gasteiger partial charge in [0.05, 0.1) is 4.90 Å². The Morgan fingerprint density at radius 3 is 2.10 bits per heavy atom. The highest BCUT2D eigenvalue weighted by Gasteiger charge is 2.31. The average Bonchev–Trinajstić information content (AvgIpc) is 2.96. The fourth-order valence-corrected chi connectivity index (χ4v) is 5.50. The third-order valence-corrected chi connectivity index (χ3v) is 8.72. The highest BCUT2D eigenvalue weighted by Crippen LogP contribution is 2.19. The van der Waals surface area contributed by atoms with Gasteiger partial charge in [-0.1, -0.05) is 67.6 Å². The fraction of sp³-hybridized carbons (Fsp3) is 0.355.